The van der Waals surface area contributed by atoms with E-state index in [-0.39, 0.29) is 15.4 Å². The maximum absolute atomic E-state index is 13.3. The summed E-state index contributed by atoms with van der Waals surface area (Å²) in [7, 11) is 0. The van der Waals surface area contributed by atoms with Gasteiger partial charge in [0.25, 0.3) is 0 Å². The molecule has 1 aromatic heterocycles. The first-order chi connectivity index (χ1) is 8.73. The molecule has 2 rings (SSSR count). The zero-order valence-electron chi connectivity index (χ0n) is 8.77. The van der Waals surface area contributed by atoms with E-state index in [1.54, 1.807) is 0 Å². The van der Waals surface area contributed by atoms with E-state index in [2.05, 4.69) is 25.9 Å². The molecule has 0 saturated heterocycles. The van der Waals surface area contributed by atoms with E-state index >= 15 is 0 Å². The van der Waals surface area contributed by atoms with E-state index in [1.165, 1.54) is 6.07 Å². The van der Waals surface area contributed by atoms with Crippen LogP contribution in [-0.4, -0.2) is 16.4 Å². The van der Waals surface area contributed by atoms with Crippen LogP contribution >= 0.6 is 27.5 Å². The van der Waals surface area contributed by atoms with Gasteiger partial charge in [0.05, 0.1) is 9.99 Å². The quantitative estimate of drug-likeness (QED) is 0.580. The van der Waals surface area contributed by atoms with Crippen molar-refractivity contribution in [1.29, 1.82) is 0 Å². The Balaban J connectivity index is 2.72. The predicted molar refractivity (Wildman–Crippen MR) is 62.1 cm³/mol. The molecule has 0 aliphatic rings. The molecule has 2 aromatic rings. The van der Waals surface area contributed by atoms with Crippen molar-refractivity contribution in [2.24, 2.45) is 0 Å². The normalized spacial score (nSPS) is 12.4. The van der Waals surface area contributed by atoms with Crippen molar-refractivity contribution in [3.63, 3.8) is 0 Å². The fraction of sp³-hybridized carbons (Fsp3) is 0.200. The number of benzene rings is 1. The van der Waals surface area contributed by atoms with Crippen molar-refractivity contribution in [2.75, 3.05) is 0 Å². The van der Waals surface area contributed by atoms with E-state index in [0.717, 1.165) is 6.07 Å². The number of alkyl halides is 4. The second-order valence-corrected chi connectivity index (χ2v) is 4.76. The first-order valence-corrected chi connectivity index (χ1v) is 5.89. The molecule has 9 heteroatoms. The highest BCUT2D eigenvalue weighted by molar-refractivity contribution is 9.10. The average molecular weight is 361 g/mol. The Bertz CT molecular complexity index is 649. The molecule has 102 valence electrons. The summed E-state index contributed by atoms with van der Waals surface area (Å²) in [5.74, 6) is -6.78. The van der Waals surface area contributed by atoms with Crippen molar-refractivity contribution in [2.45, 2.75) is 12.3 Å². The van der Waals surface area contributed by atoms with Crippen LogP contribution in [0, 0.1) is 5.82 Å². The summed E-state index contributed by atoms with van der Waals surface area (Å²) in [5.41, 5.74) is -0.281. The van der Waals surface area contributed by atoms with Crippen LogP contribution in [0.1, 0.15) is 5.82 Å². The van der Waals surface area contributed by atoms with Gasteiger partial charge in [-0.2, -0.15) is 8.78 Å². The molecule has 0 saturated carbocycles. The van der Waals surface area contributed by atoms with Crippen LogP contribution in [0.2, 0.25) is 5.15 Å². The zero-order chi connectivity index (χ0) is 14.4. The monoisotopic (exact) mass is 360 g/mol. The number of hydrogen-bond acceptors (Lipinski definition) is 2. The van der Waals surface area contributed by atoms with Gasteiger partial charge in [0.2, 0.25) is 5.82 Å². The summed E-state index contributed by atoms with van der Waals surface area (Å²) in [4.78, 5) is 6.39. The Hall–Kier alpha value is -1.02. The molecule has 1 aromatic carbocycles. The molecular formula is C10H3BrClF5N2. The molecule has 0 bridgehead atoms. The fourth-order valence-electron chi connectivity index (χ4n) is 1.33. The van der Waals surface area contributed by atoms with E-state index < -0.39 is 29.1 Å². The summed E-state index contributed by atoms with van der Waals surface area (Å²) < 4.78 is 64.0. The van der Waals surface area contributed by atoms with Gasteiger partial charge < -0.3 is 0 Å². The van der Waals surface area contributed by atoms with Crippen LogP contribution in [0.5, 0.6) is 0 Å². The number of hydrogen-bond donors (Lipinski definition) is 0. The smallest absolute Gasteiger partial charge is 0.227 e. The lowest BCUT2D eigenvalue weighted by Crippen LogP contribution is -2.26. The molecule has 0 spiro atoms. The minimum atomic E-state index is -4.55. The maximum Gasteiger partial charge on any atom is 0.365 e. The third kappa shape index (κ3) is 2.51. The fourth-order valence-corrected chi connectivity index (χ4v) is 1.91. The molecular weight excluding hydrogens is 358 g/mol. The van der Waals surface area contributed by atoms with Crippen molar-refractivity contribution in [3.8, 4) is 0 Å². The van der Waals surface area contributed by atoms with Gasteiger partial charge in [-0.3, -0.25) is 0 Å². The predicted octanol–water partition coefficient (Wildman–Crippen LogP) is 4.54. The Labute approximate surface area is 116 Å². The molecule has 19 heavy (non-hydrogen) atoms. The van der Waals surface area contributed by atoms with Crippen LogP contribution in [-0.2, 0) is 5.92 Å². The lowest BCUT2D eigenvalue weighted by atomic mass is 10.2. The molecule has 0 fully saturated rings. The number of aromatic nitrogens is 2. The third-order valence-corrected chi connectivity index (χ3v) is 3.16. The average Bonchev–Trinajstić information content (AvgIpc) is 2.31. The van der Waals surface area contributed by atoms with Gasteiger partial charge in [0.15, 0.2) is 0 Å². The molecule has 2 nitrogen and oxygen atoms in total. The molecule has 0 aliphatic carbocycles. The van der Waals surface area contributed by atoms with Gasteiger partial charge >= 0.3 is 12.3 Å². The Morgan fingerprint density at radius 2 is 1.84 bits per heavy atom. The lowest BCUT2D eigenvalue weighted by Gasteiger charge is -2.14. The minimum absolute atomic E-state index is 0.0267. The van der Waals surface area contributed by atoms with Gasteiger partial charge in [0, 0.05) is 11.5 Å². The van der Waals surface area contributed by atoms with Gasteiger partial charge in [-0.15, -0.1) is 0 Å². The topological polar surface area (TPSA) is 25.8 Å². The first-order valence-electron chi connectivity index (χ1n) is 4.72. The highest BCUT2D eigenvalue weighted by Crippen LogP contribution is 2.35. The van der Waals surface area contributed by atoms with E-state index in [0.29, 0.717) is 0 Å². The molecule has 0 radical (unpaired) electrons. The lowest BCUT2D eigenvalue weighted by molar-refractivity contribution is -0.140. The zero-order valence-corrected chi connectivity index (χ0v) is 11.1. The standard InChI is InChI=1S/C10H3BrClF5N2/c11-4-1-3-6(2-5(4)13)18-9(19-7(3)12)10(16,17)8(14)15/h1-2,8H. The molecule has 0 unspecified atom stereocenters. The molecule has 0 N–H and O–H groups in total. The molecule has 0 aliphatic heterocycles. The number of nitrogens with zero attached hydrogens (tertiary/aromatic N) is 2. The summed E-state index contributed by atoms with van der Waals surface area (Å²) in [6.45, 7) is 0. The van der Waals surface area contributed by atoms with Crippen molar-refractivity contribution in [3.05, 3.63) is 33.4 Å². The highest BCUT2D eigenvalue weighted by Gasteiger charge is 2.46. The largest absolute Gasteiger partial charge is 0.365 e. The van der Waals surface area contributed by atoms with Crippen LogP contribution in [0.3, 0.4) is 0 Å². The molecule has 0 amide bonds. The maximum atomic E-state index is 13.3. The summed E-state index contributed by atoms with van der Waals surface area (Å²) in [5, 5.41) is -0.384. The summed E-state index contributed by atoms with van der Waals surface area (Å²) in [6, 6.07) is 1.98. The highest BCUT2D eigenvalue weighted by atomic mass is 79.9. The SMILES string of the molecule is Fc1cc2nc(C(F)(F)C(F)F)nc(Cl)c2cc1Br. The summed E-state index contributed by atoms with van der Waals surface area (Å²) in [6.07, 6.45) is -3.98. The van der Waals surface area contributed by atoms with Gasteiger partial charge in [-0.25, -0.2) is 23.1 Å². The Morgan fingerprint density at radius 3 is 2.42 bits per heavy atom. The second kappa shape index (κ2) is 4.82. The number of halogens is 7. The van der Waals surface area contributed by atoms with Gasteiger partial charge in [0.1, 0.15) is 11.0 Å². The van der Waals surface area contributed by atoms with Gasteiger partial charge in [-0.1, -0.05) is 11.6 Å². The van der Waals surface area contributed by atoms with Crippen molar-refractivity contribution >= 4 is 38.4 Å². The van der Waals surface area contributed by atoms with E-state index in [9.17, 15) is 22.0 Å². The summed E-state index contributed by atoms with van der Waals surface area (Å²) >= 11 is 8.50. The van der Waals surface area contributed by atoms with E-state index in [1.807, 2.05) is 0 Å². The second-order valence-electron chi connectivity index (χ2n) is 3.55. The Kier molecular flexibility index (Phi) is 3.65. The van der Waals surface area contributed by atoms with Crippen LogP contribution in [0.4, 0.5) is 22.0 Å². The van der Waals surface area contributed by atoms with Crippen molar-refractivity contribution in [1.82, 2.24) is 9.97 Å². The van der Waals surface area contributed by atoms with Crippen LogP contribution < -0.4 is 0 Å². The number of fused-ring (bicyclic) bond motifs is 1. The molecule has 0 atom stereocenters. The molecule has 1 heterocycles. The van der Waals surface area contributed by atoms with Gasteiger partial charge in [-0.05, 0) is 22.0 Å². The third-order valence-electron chi connectivity index (χ3n) is 2.26. The first kappa shape index (κ1) is 14.4. The van der Waals surface area contributed by atoms with E-state index in [4.69, 9.17) is 11.6 Å². The van der Waals surface area contributed by atoms with Crippen LogP contribution in [0.25, 0.3) is 10.9 Å². The van der Waals surface area contributed by atoms with Crippen LogP contribution in [0.15, 0.2) is 16.6 Å². The van der Waals surface area contributed by atoms with Crippen molar-refractivity contribution < 1.29 is 22.0 Å². The number of rotatable bonds is 2. The Morgan fingerprint density at radius 1 is 1.21 bits per heavy atom. The minimum Gasteiger partial charge on any atom is -0.227 e.